The highest BCUT2D eigenvalue weighted by Crippen LogP contribution is 2.35. The van der Waals surface area contributed by atoms with Crippen LogP contribution in [0.1, 0.15) is 67.4 Å². The van der Waals surface area contributed by atoms with Crippen LogP contribution >= 0.6 is 0 Å². The van der Waals surface area contributed by atoms with Crippen molar-refractivity contribution in [3.05, 3.63) is 112 Å². The first-order valence-electron chi connectivity index (χ1n) is 12.1. The van der Waals surface area contributed by atoms with Crippen LogP contribution in [0.25, 0.3) is 11.0 Å². The highest BCUT2D eigenvalue weighted by atomic mass is 16.5. The summed E-state index contributed by atoms with van der Waals surface area (Å²) >= 11 is 0. The van der Waals surface area contributed by atoms with Crippen LogP contribution in [0.3, 0.4) is 0 Å². The van der Waals surface area contributed by atoms with Crippen LogP contribution in [0.15, 0.2) is 94.1 Å². The summed E-state index contributed by atoms with van der Waals surface area (Å²) in [4.78, 5) is 12.7. The van der Waals surface area contributed by atoms with Crippen molar-refractivity contribution in [2.75, 3.05) is 0 Å². The molecule has 0 spiro atoms. The minimum atomic E-state index is -0.0582. The van der Waals surface area contributed by atoms with Crippen LogP contribution in [0.2, 0.25) is 0 Å². The number of benzene rings is 3. The molecule has 0 N–H and O–H groups in total. The second-order valence-electron chi connectivity index (χ2n) is 9.05. The fourth-order valence-electron chi connectivity index (χ4n) is 4.90. The van der Waals surface area contributed by atoms with Gasteiger partial charge in [0, 0.05) is 18.1 Å². The molecule has 0 amide bonds. The summed E-state index contributed by atoms with van der Waals surface area (Å²) in [7, 11) is 0. The van der Waals surface area contributed by atoms with E-state index in [1.807, 2.05) is 24.3 Å². The zero-order valence-corrected chi connectivity index (χ0v) is 18.9. The second kappa shape index (κ2) is 10.1. The second-order valence-corrected chi connectivity index (χ2v) is 9.05. The summed E-state index contributed by atoms with van der Waals surface area (Å²) in [6.45, 7) is 0. The van der Waals surface area contributed by atoms with Gasteiger partial charge in [0.25, 0.3) is 0 Å². The van der Waals surface area contributed by atoms with Crippen molar-refractivity contribution in [1.82, 2.24) is 0 Å². The average molecular weight is 439 g/mol. The first-order valence-corrected chi connectivity index (χ1v) is 12.1. The van der Waals surface area contributed by atoms with Crippen molar-refractivity contribution in [2.24, 2.45) is 0 Å². The van der Waals surface area contributed by atoms with Crippen LogP contribution in [0.4, 0.5) is 0 Å². The van der Waals surface area contributed by atoms with Gasteiger partial charge in [0.05, 0.1) is 5.39 Å². The number of hydrogen-bond acceptors (Lipinski definition) is 3. The lowest BCUT2D eigenvalue weighted by atomic mass is 10.0. The molecule has 3 aromatic carbocycles. The Labute approximate surface area is 195 Å². The third-order valence-corrected chi connectivity index (χ3v) is 6.70. The Balaban J connectivity index is 1.38. The molecular formula is C30H30O3. The van der Waals surface area contributed by atoms with Crippen molar-refractivity contribution in [3.8, 4) is 5.75 Å². The molecule has 1 fully saturated rings. The van der Waals surface area contributed by atoms with Gasteiger partial charge in [-0.3, -0.25) is 4.79 Å². The maximum absolute atomic E-state index is 12.7. The Hall–Kier alpha value is -3.33. The molecule has 1 unspecified atom stereocenters. The lowest BCUT2D eigenvalue weighted by Gasteiger charge is -2.20. The Bertz CT molecular complexity index is 1240. The Morgan fingerprint density at radius 2 is 1.61 bits per heavy atom. The van der Waals surface area contributed by atoms with Crippen LogP contribution in [-0.4, -0.2) is 0 Å². The molecule has 33 heavy (non-hydrogen) atoms. The van der Waals surface area contributed by atoms with Crippen molar-refractivity contribution in [1.29, 1.82) is 0 Å². The molecule has 5 rings (SSSR count). The van der Waals surface area contributed by atoms with E-state index in [1.165, 1.54) is 18.4 Å². The van der Waals surface area contributed by atoms with Gasteiger partial charge >= 0.3 is 0 Å². The van der Waals surface area contributed by atoms with Crippen LogP contribution in [-0.2, 0) is 6.42 Å². The number of fused-ring (bicyclic) bond motifs is 1. The predicted octanol–water partition coefficient (Wildman–Crippen LogP) is 7.59. The van der Waals surface area contributed by atoms with Crippen LogP contribution < -0.4 is 10.2 Å². The molecule has 1 saturated carbocycles. The molecule has 1 heterocycles. The molecule has 168 valence electrons. The van der Waals surface area contributed by atoms with Gasteiger partial charge in [-0.2, -0.15) is 0 Å². The van der Waals surface area contributed by atoms with Gasteiger partial charge in [-0.15, -0.1) is 0 Å². The summed E-state index contributed by atoms with van der Waals surface area (Å²) in [6, 6.07) is 28.2. The molecule has 0 bridgehead atoms. The zero-order valence-electron chi connectivity index (χ0n) is 18.9. The van der Waals surface area contributed by atoms with E-state index in [4.69, 9.17) is 9.15 Å². The number of aryl methyl sites for hydroxylation is 1. The number of rotatable bonds is 8. The first-order chi connectivity index (χ1) is 16.3. The topological polar surface area (TPSA) is 39.4 Å². The van der Waals surface area contributed by atoms with Crippen molar-refractivity contribution in [2.45, 2.75) is 57.0 Å². The predicted molar refractivity (Wildman–Crippen MR) is 133 cm³/mol. The third-order valence-electron chi connectivity index (χ3n) is 6.70. The molecule has 1 aromatic heterocycles. The minimum absolute atomic E-state index is 0.0344. The van der Waals surface area contributed by atoms with E-state index in [0.29, 0.717) is 16.9 Å². The SMILES string of the molecule is O=c1cc(C2CCCC2)oc2cc(OC(CCCc3ccccc3)c3ccccc3)ccc12. The van der Waals surface area contributed by atoms with Gasteiger partial charge in [-0.1, -0.05) is 73.5 Å². The van der Waals surface area contributed by atoms with Gasteiger partial charge in [0.15, 0.2) is 5.43 Å². The van der Waals surface area contributed by atoms with Gasteiger partial charge < -0.3 is 9.15 Å². The molecule has 3 heteroatoms. The maximum atomic E-state index is 12.7. The van der Waals surface area contributed by atoms with Gasteiger partial charge in [-0.05, 0) is 55.4 Å². The maximum Gasteiger partial charge on any atom is 0.192 e. The summed E-state index contributed by atoms with van der Waals surface area (Å²) in [5.74, 6) is 1.93. The largest absolute Gasteiger partial charge is 0.486 e. The summed E-state index contributed by atoms with van der Waals surface area (Å²) < 4.78 is 12.7. The molecule has 0 aliphatic heterocycles. The molecular weight excluding hydrogens is 408 g/mol. The molecule has 1 atom stereocenters. The zero-order chi connectivity index (χ0) is 22.5. The Morgan fingerprint density at radius 1 is 0.879 bits per heavy atom. The fraction of sp³-hybridized carbons (Fsp3) is 0.300. The molecule has 3 nitrogen and oxygen atoms in total. The fourth-order valence-corrected chi connectivity index (χ4v) is 4.90. The monoisotopic (exact) mass is 438 g/mol. The summed E-state index contributed by atoms with van der Waals surface area (Å²) in [5.41, 5.74) is 3.16. The van der Waals surface area contributed by atoms with E-state index in [0.717, 1.165) is 49.2 Å². The van der Waals surface area contributed by atoms with E-state index in [9.17, 15) is 4.79 Å². The number of ether oxygens (including phenoxy) is 1. The smallest absolute Gasteiger partial charge is 0.192 e. The lowest BCUT2D eigenvalue weighted by Crippen LogP contribution is -2.09. The Kier molecular flexibility index (Phi) is 6.57. The highest BCUT2D eigenvalue weighted by Gasteiger charge is 2.21. The summed E-state index contributed by atoms with van der Waals surface area (Å²) in [6.07, 6.45) is 7.50. The first kappa shape index (κ1) is 21.5. The van der Waals surface area contributed by atoms with Crippen molar-refractivity contribution < 1.29 is 9.15 Å². The lowest BCUT2D eigenvalue weighted by molar-refractivity contribution is 0.192. The van der Waals surface area contributed by atoms with Gasteiger partial charge in [0.2, 0.25) is 0 Å². The standard InChI is InChI=1S/C30H30O3/c31-27-21-29(24-15-7-8-16-24)33-30-20-25(18-19-26(27)30)32-28(23-13-5-2-6-14-23)17-9-12-22-10-3-1-4-11-22/h1-6,10-11,13-14,18-21,24,28H,7-9,12,15-17H2. The van der Waals surface area contributed by atoms with Crippen molar-refractivity contribution in [3.63, 3.8) is 0 Å². The van der Waals surface area contributed by atoms with Crippen LogP contribution in [0.5, 0.6) is 5.75 Å². The normalized spacial score (nSPS) is 15.0. The van der Waals surface area contributed by atoms with E-state index >= 15 is 0 Å². The quantitative estimate of drug-likeness (QED) is 0.284. The molecule has 0 radical (unpaired) electrons. The highest BCUT2D eigenvalue weighted by molar-refractivity contribution is 5.78. The number of hydrogen-bond donors (Lipinski definition) is 0. The average Bonchev–Trinajstić information content (AvgIpc) is 3.40. The third kappa shape index (κ3) is 5.19. The van der Waals surface area contributed by atoms with E-state index in [1.54, 1.807) is 6.07 Å². The van der Waals surface area contributed by atoms with E-state index in [-0.39, 0.29) is 11.5 Å². The summed E-state index contributed by atoms with van der Waals surface area (Å²) in [5, 5.41) is 0.615. The van der Waals surface area contributed by atoms with E-state index in [2.05, 4.69) is 54.6 Å². The molecule has 1 aliphatic carbocycles. The van der Waals surface area contributed by atoms with Gasteiger partial charge in [0.1, 0.15) is 23.2 Å². The van der Waals surface area contributed by atoms with E-state index < -0.39 is 0 Å². The molecule has 1 aliphatic rings. The Morgan fingerprint density at radius 3 is 2.36 bits per heavy atom. The minimum Gasteiger partial charge on any atom is -0.486 e. The van der Waals surface area contributed by atoms with Gasteiger partial charge in [-0.25, -0.2) is 0 Å². The van der Waals surface area contributed by atoms with Crippen LogP contribution in [0, 0.1) is 0 Å². The molecule has 0 saturated heterocycles. The van der Waals surface area contributed by atoms with Crippen molar-refractivity contribution >= 4 is 11.0 Å². The molecule has 4 aromatic rings.